The van der Waals surface area contributed by atoms with Crippen molar-refractivity contribution in [2.45, 2.75) is 6.92 Å². The van der Waals surface area contributed by atoms with Gasteiger partial charge in [-0.15, -0.1) is 0 Å². The number of aryl methyl sites for hydroxylation is 1. The van der Waals surface area contributed by atoms with E-state index in [2.05, 4.69) is 0 Å². The summed E-state index contributed by atoms with van der Waals surface area (Å²) in [4.78, 5) is 24.8. The molecule has 0 amide bonds. The van der Waals surface area contributed by atoms with Crippen LogP contribution in [0, 0.1) is 6.92 Å². The van der Waals surface area contributed by atoms with Crippen molar-refractivity contribution in [3.8, 4) is 0 Å². The molecule has 0 bridgehead atoms. The lowest BCUT2D eigenvalue weighted by molar-refractivity contribution is 0.103. The van der Waals surface area contributed by atoms with E-state index in [9.17, 15) is 9.59 Å². The van der Waals surface area contributed by atoms with Crippen molar-refractivity contribution < 1.29 is 13.6 Å². The second-order valence-electron chi connectivity index (χ2n) is 5.42. The molecule has 0 atom stereocenters. The number of fused-ring (bicyclic) bond motifs is 3. The maximum absolute atomic E-state index is 12.5. The van der Waals surface area contributed by atoms with Gasteiger partial charge < -0.3 is 8.83 Å². The van der Waals surface area contributed by atoms with Gasteiger partial charge >= 0.3 is 5.63 Å². The molecule has 4 nitrogen and oxygen atoms in total. The average Bonchev–Trinajstić information content (AvgIpc) is 2.96. The molecule has 0 N–H and O–H groups in total. The first-order chi connectivity index (χ1) is 11.1. The van der Waals surface area contributed by atoms with Crippen LogP contribution in [-0.2, 0) is 0 Å². The first-order valence-electron chi connectivity index (χ1n) is 7.19. The Balaban J connectivity index is 1.98. The van der Waals surface area contributed by atoms with Crippen molar-refractivity contribution in [2.24, 2.45) is 0 Å². The van der Waals surface area contributed by atoms with E-state index in [-0.39, 0.29) is 11.3 Å². The zero-order chi connectivity index (χ0) is 16.0. The van der Waals surface area contributed by atoms with Crippen molar-refractivity contribution >= 4 is 27.7 Å². The smallest absolute Gasteiger partial charge is 0.347 e. The molecule has 4 aromatic rings. The third-order valence-electron chi connectivity index (χ3n) is 3.90. The van der Waals surface area contributed by atoms with Gasteiger partial charge in [-0.25, -0.2) is 4.79 Å². The molecule has 0 radical (unpaired) electrons. The van der Waals surface area contributed by atoms with Crippen molar-refractivity contribution in [1.29, 1.82) is 0 Å². The molecular weight excluding hydrogens is 292 g/mol. The SMILES string of the molecule is Cc1coc2ccc3cc(C(=O)c4ccccc4)c(=O)oc3c12. The normalized spacial score (nSPS) is 11.2. The summed E-state index contributed by atoms with van der Waals surface area (Å²) in [5, 5.41) is 1.46. The van der Waals surface area contributed by atoms with Crippen LogP contribution in [-0.4, -0.2) is 5.78 Å². The lowest BCUT2D eigenvalue weighted by atomic mass is 10.0. The number of benzene rings is 2. The first kappa shape index (κ1) is 13.5. The standard InChI is InChI=1S/C19H12O4/c1-11-10-22-15-8-7-13-9-14(19(21)23-18(13)16(11)15)17(20)12-5-3-2-4-6-12/h2-10H,1H3. The minimum absolute atomic E-state index is 0.0317. The predicted octanol–water partition coefficient (Wildman–Crippen LogP) is 4.08. The van der Waals surface area contributed by atoms with Gasteiger partial charge in [-0.05, 0) is 30.7 Å². The quantitative estimate of drug-likeness (QED) is 0.413. The van der Waals surface area contributed by atoms with Crippen LogP contribution in [0.2, 0.25) is 0 Å². The number of rotatable bonds is 2. The molecule has 0 spiro atoms. The summed E-state index contributed by atoms with van der Waals surface area (Å²) in [5.74, 6) is -0.342. The molecule has 23 heavy (non-hydrogen) atoms. The van der Waals surface area contributed by atoms with Gasteiger partial charge in [0.25, 0.3) is 0 Å². The molecule has 4 rings (SSSR count). The van der Waals surface area contributed by atoms with E-state index < -0.39 is 5.63 Å². The van der Waals surface area contributed by atoms with Crippen LogP contribution in [0.3, 0.4) is 0 Å². The van der Waals surface area contributed by atoms with E-state index in [4.69, 9.17) is 8.83 Å². The van der Waals surface area contributed by atoms with Crippen LogP contribution in [0.15, 0.2) is 68.4 Å². The summed E-state index contributed by atoms with van der Waals surface area (Å²) in [7, 11) is 0. The van der Waals surface area contributed by atoms with Crippen LogP contribution >= 0.6 is 0 Å². The second kappa shape index (κ2) is 4.95. The van der Waals surface area contributed by atoms with Gasteiger partial charge in [-0.3, -0.25) is 4.79 Å². The highest BCUT2D eigenvalue weighted by Crippen LogP contribution is 2.29. The summed E-state index contributed by atoms with van der Waals surface area (Å²) in [6, 6.07) is 13.9. The Bertz CT molecular complexity index is 1100. The van der Waals surface area contributed by atoms with Crippen molar-refractivity contribution in [2.75, 3.05) is 0 Å². The van der Waals surface area contributed by atoms with E-state index >= 15 is 0 Å². The van der Waals surface area contributed by atoms with Crippen molar-refractivity contribution in [1.82, 2.24) is 0 Å². The fourth-order valence-corrected chi connectivity index (χ4v) is 2.75. The van der Waals surface area contributed by atoms with Crippen molar-refractivity contribution in [3.05, 3.63) is 81.9 Å². The Kier molecular flexibility index (Phi) is 2.91. The van der Waals surface area contributed by atoms with Gasteiger partial charge in [0, 0.05) is 10.9 Å². The number of hydrogen-bond acceptors (Lipinski definition) is 4. The predicted molar refractivity (Wildman–Crippen MR) is 86.9 cm³/mol. The number of ketones is 1. The van der Waals surface area contributed by atoms with Gasteiger partial charge in [-0.1, -0.05) is 30.3 Å². The fraction of sp³-hybridized carbons (Fsp3) is 0.0526. The summed E-state index contributed by atoms with van der Waals surface area (Å²) < 4.78 is 10.9. The van der Waals surface area contributed by atoms with Crippen LogP contribution in [0.1, 0.15) is 21.5 Å². The minimum atomic E-state index is -0.639. The van der Waals surface area contributed by atoms with E-state index in [1.807, 2.05) is 13.0 Å². The van der Waals surface area contributed by atoms with E-state index in [0.717, 1.165) is 10.9 Å². The van der Waals surface area contributed by atoms with Gasteiger partial charge in [0.15, 0.2) is 5.78 Å². The lowest BCUT2D eigenvalue weighted by Gasteiger charge is -2.03. The zero-order valence-electron chi connectivity index (χ0n) is 12.3. The largest absolute Gasteiger partial charge is 0.464 e. The van der Waals surface area contributed by atoms with Gasteiger partial charge in [-0.2, -0.15) is 0 Å². The number of carbonyl (C=O) groups is 1. The van der Waals surface area contributed by atoms with E-state index in [1.54, 1.807) is 48.7 Å². The fourth-order valence-electron chi connectivity index (χ4n) is 2.75. The number of furan rings is 1. The molecule has 4 heteroatoms. The maximum Gasteiger partial charge on any atom is 0.347 e. The molecule has 0 aliphatic heterocycles. The highest BCUT2D eigenvalue weighted by molar-refractivity contribution is 6.11. The molecule has 0 saturated carbocycles. The molecule has 0 unspecified atom stereocenters. The zero-order valence-corrected chi connectivity index (χ0v) is 12.3. The third kappa shape index (κ3) is 2.07. The Morgan fingerprint density at radius 2 is 1.83 bits per heavy atom. The van der Waals surface area contributed by atoms with Crippen LogP contribution in [0.4, 0.5) is 0 Å². The molecule has 0 aliphatic carbocycles. The van der Waals surface area contributed by atoms with E-state index in [1.165, 1.54) is 0 Å². The van der Waals surface area contributed by atoms with Gasteiger partial charge in [0.05, 0.1) is 11.6 Å². The van der Waals surface area contributed by atoms with Crippen LogP contribution < -0.4 is 5.63 Å². The maximum atomic E-state index is 12.5. The van der Waals surface area contributed by atoms with Crippen LogP contribution in [0.5, 0.6) is 0 Å². The van der Waals surface area contributed by atoms with Crippen LogP contribution in [0.25, 0.3) is 21.9 Å². The molecular formula is C19H12O4. The number of hydrogen-bond donors (Lipinski definition) is 0. The monoisotopic (exact) mass is 304 g/mol. The lowest BCUT2D eigenvalue weighted by Crippen LogP contribution is -2.14. The highest BCUT2D eigenvalue weighted by Gasteiger charge is 2.17. The highest BCUT2D eigenvalue weighted by atomic mass is 16.4. The molecule has 0 saturated heterocycles. The van der Waals surface area contributed by atoms with E-state index in [0.29, 0.717) is 22.1 Å². The van der Waals surface area contributed by atoms with Gasteiger partial charge in [0.2, 0.25) is 0 Å². The Morgan fingerprint density at radius 3 is 2.61 bits per heavy atom. The molecule has 2 aromatic heterocycles. The molecule has 0 fully saturated rings. The Labute approximate surface area is 131 Å². The second-order valence-corrected chi connectivity index (χ2v) is 5.42. The summed E-state index contributed by atoms with van der Waals surface area (Å²) >= 11 is 0. The summed E-state index contributed by atoms with van der Waals surface area (Å²) in [6.07, 6.45) is 1.62. The summed E-state index contributed by atoms with van der Waals surface area (Å²) in [5.41, 5.74) is 1.84. The Morgan fingerprint density at radius 1 is 1.04 bits per heavy atom. The Hall–Kier alpha value is -3.14. The third-order valence-corrected chi connectivity index (χ3v) is 3.90. The topological polar surface area (TPSA) is 60.4 Å². The summed E-state index contributed by atoms with van der Waals surface area (Å²) in [6.45, 7) is 1.88. The average molecular weight is 304 g/mol. The molecule has 2 aromatic carbocycles. The number of carbonyl (C=O) groups excluding carboxylic acids is 1. The minimum Gasteiger partial charge on any atom is -0.464 e. The molecule has 2 heterocycles. The first-order valence-corrected chi connectivity index (χ1v) is 7.19. The van der Waals surface area contributed by atoms with Gasteiger partial charge in [0.1, 0.15) is 16.7 Å². The molecule has 0 aliphatic rings. The van der Waals surface area contributed by atoms with Crippen molar-refractivity contribution in [3.63, 3.8) is 0 Å². The molecule has 112 valence electrons.